The summed E-state index contributed by atoms with van der Waals surface area (Å²) in [5, 5.41) is 3.26. The topological polar surface area (TPSA) is 95.7 Å². The van der Waals surface area contributed by atoms with Crippen molar-refractivity contribution in [3.8, 4) is 16.9 Å². The molecular weight excluding hydrogens is 538 g/mol. The predicted octanol–water partition coefficient (Wildman–Crippen LogP) is 4.66. The van der Waals surface area contributed by atoms with Crippen molar-refractivity contribution < 1.29 is 13.5 Å². The normalized spacial score (nSPS) is 22.1. The Morgan fingerprint density at radius 3 is 2.48 bits per heavy atom. The maximum Gasteiger partial charge on any atom is 0.250 e. The number of nitrogen functional groups attached to an aromatic ring is 1. The summed E-state index contributed by atoms with van der Waals surface area (Å²) < 4.78 is 33.7. The lowest BCUT2D eigenvalue weighted by atomic mass is 10.00. The average molecular weight is 581 g/mol. The highest BCUT2D eigenvalue weighted by Crippen LogP contribution is 2.39. The number of ether oxygens (including phenoxy) is 1. The summed E-state index contributed by atoms with van der Waals surface area (Å²) in [7, 11) is 3.90. The van der Waals surface area contributed by atoms with Gasteiger partial charge in [-0.3, -0.25) is 4.90 Å². The van der Waals surface area contributed by atoms with Gasteiger partial charge in [0.2, 0.25) is 5.92 Å². The summed E-state index contributed by atoms with van der Waals surface area (Å²) in [6.45, 7) is 8.52. The Bertz CT molecular complexity index is 1420. The highest BCUT2D eigenvalue weighted by Gasteiger charge is 2.39. The first-order valence-corrected chi connectivity index (χ1v) is 15.2. The van der Waals surface area contributed by atoms with Crippen LogP contribution in [0.3, 0.4) is 0 Å². The van der Waals surface area contributed by atoms with Crippen molar-refractivity contribution in [2.45, 2.75) is 63.5 Å². The number of nitrogens with two attached hydrogens (primary N) is 1. The summed E-state index contributed by atoms with van der Waals surface area (Å²) in [5.41, 5.74) is 10.8. The van der Waals surface area contributed by atoms with Crippen molar-refractivity contribution in [3.63, 3.8) is 0 Å². The summed E-state index contributed by atoms with van der Waals surface area (Å²) in [6.07, 6.45) is 4.65. The molecule has 6 rings (SSSR count). The standard InChI is InChI=1S/C31H42F2N8O/c1-4-24-30(36-21-7-10-31(32,33)18-21)38-27-23(19-35-29(34)28(27)37-24)20-5-6-25(26(17-20)42-3)41-11-8-22(9-12-41)40-15-13-39(2)14-16-40/h5-6,17,19,21-22H,4,7-16,18H2,1-3H3,(H2,34,35)(H,36,38). The average Bonchev–Trinajstić information content (AvgIpc) is 3.35. The van der Waals surface area contributed by atoms with Crippen LogP contribution < -0.4 is 20.7 Å². The Labute approximate surface area is 246 Å². The first kappa shape index (κ1) is 28.8. The molecule has 4 heterocycles. The number of piperidine rings is 1. The smallest absolute Gasteiger partial charge is 0.250 e. The number of hydrogen-bond donors (Lipinski definition) is 2. The van der Waals surface area contributed by atoms with Crippen LogP contribution in [0.15, 0.2) is 24.4 Å². The van der Waals surface area contributed by atoms with Crippen LogP contribution in [0.1, 0.15) is 44.7 Å². The van der Waals surface area contributed by atoms with Gasteiger partial charge in [0.25, 0.3) is 0 Å². The number of rotatable bonds is 7. The zero-order chi connectivity index (χ0) is 29.4. The van der Waals surface area contributed by atoms with Gasteiger partial charge in [0.15, 0.2) is 5.82 Å². The van der Waals surface area contributed by atoms with Gasteiger partial charge in [-0.25, -0.2) is 23.7 Å². The quantitative estimate of drug-likeness (QED) is 0.414. The lowest BCUT2D eigenvalue weighted by Crippen LogP contribution is -2.52. The molecule has 2 saturated heterocycles. The van der Waals surface area contributed by atoms with Gasteiger partial charge in [0.05, 0.1) is 18.5 Å². The highest BCUT2D eigenvalue weighted by atomic mass is 19.3. The van der Waals surface area contributed by atoms with E-state index in [9.17, 15) is 8.78 Å². The van der Waals surface area contributed by atoms with Crippen molar-refractivity contribution in [1.29, 1.82) is 0 Å². The molecule has 0 spiro atoms. The minimum absolute atomic E-state index is 0.116. The number of halogens is 2. The molecule has 1 aliphatic carbocycles. The van der Waals surface area contributed by atoms with Gasteiger partial charge in [-0.15, -0.1) is 0 Å². The van der Waals surface area contributed by atoms with E-state index in [1.54, 1.807) is 13.3 Å². The minimum Gasteiger partial charge on any atom is -0.495 e. The van der Waals surface area contributed by atoms with E-state index in [4.69, 9.17) is 20.4 Å². The number of nitrogens with zero attached hydrogens (tertiary/aromatic N) is 6. The molecule has 42 heavy (non-hydrogen) atoms. The number of pyridine rings is 1. The van der Waals surface area contributed by atoms with Crippen molar-refractivity contribution in [2.75, 3.05) is 69.4 Å². The number of fused-ring (bicyclic) bond motifs is 1. The van der Waals surface area contributed by atoms with Gasteiger partial charge in [-0.1, -0.05) is 13.0 Å². The molecule has 3 fully saturated rings. The molecule has 0 bridgehead atoms. The summed E-state index contributed by atoms with van der Waals surface area (Å²) in [4.78, 5) is 21.6. The second-order valence-corrected chi connectivity index (χ2v) is 12.0. The number of aromatic nitrogens is 3. The van der Waals surface area contributed by atoms with Gasteiger partial charge >= 0.3 is 0 Å². The van der Waals surface area contributed by atoms with Crippen LogP contribution in [0.5, 0.6) is 5.75 Å². The molecule has 0 amide bonds. The summed E-state index contributed by atoms with van der Waals surface area (Å²) in [6, 6.07) is 6.49. The zero-order valence-corrected chi connectivity index (χ0v) is 24.9. The molecule has 1 saturated carbocycles. The lowest BCUT2D eigenvalue weighted by Gasteiger charge is -2.42. The van der Waals surface area contributed by atoms with E-state index in [1.165, 1.54) is 0 Å². The SMILES string of the molecule is CCc1nc2c(N)ncc(-c3ccc(N4CCC(N5CCN(C)CC5)CC4)c(OC)c3)c2nc1NC1CCC(F)(F)C1. The third-order valence-electron chi connectivity index (χ3n) is 9.23. The van der Waals surface area contributed by atoms with Gasteiger partial charge < -0.3 is 25.6 Å². The molecule has 11 heteroatoms. The third kappa shape index (κ3) is 5.81. The van der Waals surface area contributed by atoms with Gasteiger partial charge in [0, 0.05) is 76.0 Å². The molecular formula is C31H42F2N8O. The first-order chi connectivity index (χ1) is 20.2. The fourth-order valence-electron chi connectivity index (χ4n) is 6.70. The maximum atomic E-state index is 13.9. The van der Waals surface area contributed by atoms with Crippen LogP contribution in [0.4, 0.5) is 26.1 Å². The van der Waals surface area contributed by atoms with Crippen molar-refractivity contribution in [3.05, 3.63) is 30.1 Å². The highest BCUT2D eigenvalue weighted by molar-refractivity contribution is 5.97. The zero-order valence-electron chi connectivity index (χ0n) is 24.9. The Morgan fingerprint density at radius 1 is 1.05 bits per heavy atom. The lowest BCUT2D eigenvalue weighted by molar-refractivity contribution is 0.00851. The maximum absolute atomic E-state index is 13.9. The van der Waals surface area contributed by atoms with Gasteiger partial charge in [0.1, 0.15) is 22.6 Å². The first-order valence-electron chi connectivity index (χ1n) is 15.2. The molecule has 3 aromatic rings. The Balaban J connectivity index is 1.26. The summed E-state index contributed by atoms with van der Waals surface area (Å²) >= 11 is 0. The number of methoxy groups -OCH3 is 1. The molecule has 9 nitrogen and oxygen atoms in total. The number of piperazine rings is 1. The number of alkyl halides is 2. The van der Waals surface area contributed by atoms with Gasteiger partial charge in [-0.2, -0.15) is 0 Å². The monoisotopic (exact) mass is 580 g/mol. The van der Waals surface area contributed by atoms with Crippen LogP contribution in [-0.4, -0.2) is 96.2 Å². The Hall–Kier alpha value is -3.31. The van der Waals surface area contributed by atoms with E-state index in [-0.39, 0.29) is 18.9 Å². The molecule has 0 radical (unpaired) electrons. The van der Waals surface area contributed by atoms with Crippen molar-refractivity contribution in [1.82, 2.24) is 24.8 Å². The van der Waals surface area contributed by atoms with Crippen LogP contribution in [-0.2, 0) is 6.42 Å². The van der Waals surface area contributed by atoms with Crippen molar-refractivity contribution >= 4 is 28.4 Å². The fourth-order valence-corrected chi connectivity index (χ4v) is 6.70. The molecule has 1 atom stereocenters. The second-order valence-electron chi connectivity index (χ2n) is 12.0. The fraction of sp³-hybridized carbons (Fsp3) is 0.581. The van der Waals surface area contributed by atoms with E-state index in [0.717, 1.165) is 74.7 Å². The van der Waals surface area contributed by atoms with E-state index in [1.807, 2.05) is 13.0 Å². The number of anilines is 3. The van der Waals surface area contributed by atoms with Crippen LogP contribution in [0.2, 0.25) is 0 Å². The number of hydrogen-bond acceptors (Lipinski definition) is 9. The number of nitrogens with one attached hydrogen (secondary N) is 1. The van der Waals surface area contributed by atoms with E-state index in [2.05, 4.69) is 44.2 Å². The van der Waals surface area contributed by atoms with E-state index >= 15 is 0 Å². The molecule has 1 unspecified atom stereocenters. The molecule has 2 aromatic heterocycles. The molecule has 3 N–H and O–H groups in total. The van der Waals surface area contributed by atoms with Gasteiger partial charge in [-0.05, 0) is 50.4 Å². The second kappa shape index (κ2) is 11.8. The minimum atomic E-state index is -2.65. The Kier molecular flexibility index (Phi) is 8.06. The largest absolute Gasteiger partial charge is 0.495 e. The number of aryl methyl sites for hydroxylation is 1. The van der Waals surface area contributed by atoms with Crippen LogP contribution in [0, 0.1) is 0 Å². The Morgan fingerprint density at radius 2 is 1.81 bits per heavy atom. The van der Waals surface area contributed by atoms with E-state index in [0.29, 0.717) is 47.2 Å². The third-order valence-corrected chi connectivity index (χ3v) is 9.23. The van der Waals surface area contributed by atoms with Crippen LogP contribution in [0.25, 0.3) is 22.2 Å². The van der Waals surface area contributed by atoms with E-state index < -0.39 is 5.92 Å². The van der Waals surface area contributed by atoms with Crippen molar-refractivity contribution in [2.24, 2.45) is 0 Å². The molecule has 3 aliphatic rings. The molecule has 1 aromatic carbocycles. The molecule has 2 aliphatic heterocycles. The molecule has 226 valence electrons. The number of benzene rings is 1. The summed E-state index contributed by atoms with van der Waals surface area (Å²) in [5.74, 6) is -1.03. The van der Waals surface area contributed by atoms with Crippen LogP contribution >= 0.6 is 0 Å². The number of likely N-dealkylation sites (N-methyl/N-ethyl adjacent to an activating group) is 1. The predicted molar refractivity (Wildman–Crippen MR) is 164 cm³/mol.